The fraction of sp³-hybridized carbons (Fsp3) is 0.217. The molecular weight excluding hydrogens is 410 g/mol. The number of hydrazone groups is 1. The van der Waals surface area contributed by atoms with Gasteiger partial charge in [0.15, 0.2) is 0 Å². The lowest BCUT2D eigenvalue weighted by Gasteiger charge is -2.16. The molecule has 9 nitrogen and oxygen atoms in total. The molecule has 1 aliphatic rings. The fourth-order valence-corrected chi connectivity index (χ4v) is 3.67. The molecule has 0 bridgehead atoms. The van der Waals surface area contributed by atoms with Gasteiger partial charge in [-0.1, -0.05) is 0 Å². The van der Waals surface area contributed by atoms with Gasteiger partial charge in [-0.25, -0.2) is 0 Å². The average Bonchev–Trinajstić information content (AvgIpc) is 3.29. The zero-order chi connectivity index (χ0) is 22.7. The SMILES string of the molecule is CO[C@H]1CCN(C(=O)c2ccc(N=CC(=NN)c3cc4cc(O)ccc4[nH]c3=O)cc2)C1. The van der Waals surface area contributed by atoms with Gasteiger partial charge in [0, 0.05) is 36.7 Å². The monoisotopic (exact) mass is 433 g/mol. The molecule has 0 unspecified atom stereocenters. The van der Waals surface area contributed by atoms with Gasteiger partial charge >= 0.3 is 0 Å². The van der Waals surface area contributed by atoms with Crippen molar-refractivity contribution < 1.29 is 14.6 Å². The van der Waals surface area contributed by atoms with E-state index in [4.69, 9.17) is 10.6 Å². The first-order chi connectivity index (χ1) is 15.5. The largest absolute Gasteiger partial charge is 0.508 e. The molecule has 1 aromatic heterocycles. The van der Waals surface area contributed by atoms with Gasteiger partial charge in [-0.15, -0.1) is 0 Å². The van der Waals surface area contributed by atoms with E-state index in [1.54, 1.807) is 48.4 Å². The second-order valence-electron chi connectivity index (χ2n) is 7.50. The highest BCUT2D eigenvalue weighted by Gasteiger charge is 2.26. The van der Waals surface area contributed by atoms with Crippen molar-refractivity contribution in [3.05, 3.63) is 70.0 Å². The number of aliphatic imine (C=N–C) groups is 1. The third-order valence-corrected chi connectivity index (χ3v) is 5.46. The number of methoxy groups -OCH3 is 1. The number of aromatic hydroxyl groups is 1. The summed E-state index contributed by atoms with van der Waals surface area (Å²) in [6.07, 6.45) is 2.30. The number of benzene rings is 2. The molecular formula is C23H23N5O4. The number of likely N-dealkylation sites (tertiary alicyclic amines) is 1. The summed E-state index contributed by atoms with van der Waals surface area (Å²) in [6.45, 7) is 1.26. The molecule has 1 atom stereocenters. The van der Waals surface area contributed by atoms with Gasteiger partial charge in [-0.2, -0.15) is 5.10 Å². The lowest BCUT2D eigenvalue weighted by atomic mass is 10.1. The molecule has 2 heterocycles. The van der Waals surface area contributed by atoms with Gasteiger partial charge in [0.05, 0.1) is 23.6 Å². The molecule has 2 aromatic carbocycles. The fourth-order valence-electron chi connectivity index (χ4n) is 3.67. The van der Waals surface area contributed by atoms with Crippen LogP contribution in [0.4, 0.5) is 5.69 Å². The molecule has 32 heavy (non-hydrogen) atoms. The van der Waals surface area contributed by atoms with Crippen LogP contribution in [0.5, 0.6) is 5.75 Å². The van der Waals surface area contributed by atoms with Crippen LogP contribution >= 0.6 is 0 Å². The molecule has 0 radical (unpaired) electrons. The van der Waals surface area contributed by atoms with Crippen LogP contribution in [0.3, 0.4) is 0 Å². The Morgan fingerprint density at radius 2 is 2.03 bits per heavy atom. The number of carbonyl (C=O) groups excluding carboxylic acids is 1. The molecule has 9 heteroatoms. The molecule has 1 fully saturated rings. The van der Waals surface area contributed by atoms with Crippen LogP contribution in [0.25, 0.3) is 10.9 Å². The first kappa shape index (κ1) is 21.3. The number of amides is 1. The zero-order valence-electron chi connectivity index (χ0n) is 17.5. The summed E-state index contributed by atoms with van der Waals surface area (Å²) < 4.78 is 5.31. The van der Waals surface area contributed by atoms with E-state index in [0.717, 1.165) is 6.42 Å². The van der Waals surface area contributed by atoms with Gasteiger partial charge < -0.3 is 25.6 Å². The molecule has 0 saturated carbocycles. The number of carbonyl (C=O) groups is 1. The average molecular weight is 433 g/mol. The maximum atomic E-state index is 12.6. The Labute approximate surface area is 183 Å². The molecule has 3 aromatic rings. The third-order valence-electron chi connectivity index (χ3n) is 5.46. The molecule has 4 rings (SSSR count). The van der Waals surface area contributed by atoms with Crippen molar-refractivity contribution >= 4 is 34.4 Å². The number of hydrogen-bond acceptors (Lipinski definition) is 7. The molecule has 4 N–H and O–H groups in total. The van der Waals surface area contributed by atoms with Crippen LogP contribution in [0.15, 0.2) is 63.4 Å². The van der Waals surface area contributed by atoms with E-state index in [1.165, 1.54) is 18.3 Å². The zero-order valence-corrected chi connectivity index (χ0v) is 17.5. The van der Waals surface area contributed by atoms with Gasteiger partial charge in [0.2, 0.25) is 0 Å². The molecule has 0 spiro atoms. The minimum absolute atomic E-state index is 0.0461. The number of nitrogens with two attached hydrogens (primary N) is 1. The summed E-state index contributed by atoms with van der Waals surface area (Å²) in [4.78, 5) is 33.9. The Bertz CT molecular complexity index is 1260. The highest BCUT2D eigenvalue weighted by Crippen LogP contribution is 2.19. The number of phenolic OH excluding ortho intramolecular Hbond substituents is 1. The third kappa shape index (κ3) is 4.37. The van der Waals surface area contributed by atoms with Crippen molar-refractivity contribution in [2.45, 2.75) is 12.5 Å². The number of phenols is 1. The summed E-state index contributed by atoms with van der Waals surface area (Å²) in [5.74, 6) is 5.54. The van der Waals surface area contributed by atoms with Crippen molar-refractivity contribution in [3.8, 4) is 5.75 Å². The quantitative estimate of drug-likeness (QED) is 0.322. The number of fused-ring (bicyclic) bond motifs is 1. The van der Waals surface area contributed by atoms with E-state index in [1.807, 2.05) is 0 Å². The minimum atomic E-state index is -0.375. The Balaban J connectivity index is 1.52. The number of hydrogen-bond donors (Lipinski definition) is 3. The van der Waals surface area contributed by atoms with E-state index in [2.05, 4.69) is 15.1 Å². The van der Waals surface area contributed by atoms with Crippen LogP contribution in [-0.4, -0.2) is 59.1 Å². The Morgan fingerprint density at radius 1 is 1.25 bits per heavy atom. The van der Waals surface area contributed by atoms with Gasteiger partial charge in [0.1, 0.15) is 11.5 Å². The highest BCUT2D eigenvalue weighted by molar-refractivity contribution is 6.38. The second-order valence-corrected chi connectivity index (χ2v) is 7.50. The number of pyridine rings is 1. The highest BCUT2D eigenvalue weighted by atomic mass is 16.5. The van der Waals surface area contributed by atoms with Crippen molar-refractivity contribution in [2.24, 2.45) is 15.9 Å². The first-order valence-electron chi connectivity index (χ1n) is 10.1. The van der Waals surface area contributed by atoms with Crippen molar-refractivity contribution in [1.82, 2.24) is 9.88 Å². The Hall–Kier alpha value is -3.98. The minimum Gasteiger partial charge on any atom is -0.508 e. The Morgan fingerprint density at radius 3 is 2.72 bits per heavy atom. The molecule has 164 valence electrons. The van der Waals surface area contributed by atoms with Crippen LogP contribution in [0.2, 0.25) is 0 Å². The van der Waals surface area contributed by atoms with E-state index in [9.17, 15) is 14.7 Å². The van der Waals surface area contributed by atoms with Crippen molar-refractivity contribution in [3.63, 3.8) is 0 Å². The number of aromatic nitrogens is 1. The van der Waals surface area contributed by atoms with Crippen LogP contribution in [0, 0.1) is 0 Å². The second kappa shape index (κ2) is 9.03. The van der Waals surface area contributed by atoms with E-state index < -0.39 is 0 Å². The first-order valence-corrected chi connectivity index (χ1v) is 10.1. The topological polar surface area (TPSA) is 133 Å². The summed E-state index contributed by atoms with van der Waals surface area (Å²) >= 11 is 0. The van der Waals surface area contributed by atoms with Crippen LogP contribution < -0.4 is 11.4 Å². The number of H-pyrrole nitrogens is 1. The van der Waals surface area contributed by atoms with Gasteiger partial charge in [-0.05, 0) is 55.0 Å². The predicted octanol–water partition coefficient (Wildman–Crippen LogP) is 2.16. The normalized spacial score (nSPS) is 16.8. The summed E-state index contributed by atoms with van der Waals surface area (Å²) in [6, 6.07) is 13.1. The Kier molecular flexibility index (Phi) is 6.00. The maximum absolute atomic E-state index is 12.6. The summed E-state index contributed by atoms with van der Waals surface area (Å²) in [5.41, 5.74) is 1.76. The van der Waals surface area contributed by atoms with Gasteiger partial charge in [-0.3, -0.25) is 14.6 Å². The smallest absolute Gasteiger partial charge is 0.258 e. The summed E-state index contributed by atoms with van der Waals surface area (Å²) in [7, 11) is 1.65. The lowest BCUT2D eigenvalue weighted by molar-refractivity contribution is 0.0724. The number of aromatic amines is 1. The molecule has 1 saturated heterocycles. The maximum Gasteiger partial charge on any atom is 0.258 e. The number of nitrogens with zero attached hydrogens (tertiary/aromatic N) is 3. The van der Waals surface area contributed by atoms with Crippen molar-refractivity contribution in [1.29, 1.82) is 0 Å². The molecule has 1 amide bonds. The standard InChI is InChI=1S/C23H23N5O4/c1-32-18-8-9-28(13-18)23(31)14-2-4-16(5-3-14)25-12-21(27-24)19-11-15-10-17(29)6-7-20(15)26-22(19)30/h2-7,10-12,18,29H,8-9,13,24H2,1H3,(H,26,30)/t18-/m0/s1. The van der Waals surface area contributed by atoms with Crippen molar-refractivity contribution in [2.75, 3.05) is 20.2 Å². The van der Waals surface area contributed by atoms with Gasteiger partial charge in [0.25, 0.3) is 11.5 Å². The van der Waals surface area contributed by atoms with E-state index in [-0.39, 0.29) is 34.6 Å². The number of nitrogens with one attached hydrogen (secondary N) is 1. The summed E-state index contributed by atoms with van der Waals surface area (Å²) in [5, 5.41) is 14.0. The number of rotatable bonds is 5. The molecule has 1 aliphatic heterocycles. The lowest BCUT2D eigenvalue weighted by Crippen LogP contribution is -2.29. The predicted molar refractivity (Wildman–Crippen MR) is 123 cm³/mol. The van der Waals surface area contributed by atoms with Crippen LogP contribution in [-0.2, 0) is 4.74 Å². The van der Waals surface area contributed by atoms with E-state index >= 15 is 0 Å². The van der Waals surface area contributed by atoms with E-state index in [0.29, 0.717) is 35.2 Å². The number of ether oxygens (including phenoxy) is 1. The van der Waals surface area contributed by atoms with Crippen LogP contribution in [0.1, 0.15) is 22.3 Å². The molecule has 0 aliphatic carbocycles.